The molecule has 0 radical (unpaired) electrons. The predicted octanol–water partition coefficient (Wildman–Crippen LogP) is 2.56. The fraction of sp³-hybridized carbons (Fsp3) is 0.611. The second-order valence-electron chi connectivity index (χ2n) is 6.10. The van der Waals surface area contributed by atoms with E-state index in [1.807, 2.05) is 18.2 Å². The van der Waals surface area contributed by atoms with Crippen LogP contribution in [0.3, 0.4) is 0 Å². The third kappa shape index (κ3) is 7.82. The van der Waals surface area contributed by atoms with Gasteiger partial charge in [0.05, 0.1) is 6.61 Å². The Bertz CT molecular complexity index is 442. The van der Waals surface area contributed by atoms with Gasteiger partial charge in [0, 0.05) is 25.6 Å². The SMILES string of the molecule is CC1CCNCC1NC(=O)CCCOCCc1ccccc1.Cl. The van der Waals surface area contributed by atoms with Crippen LogP contribution >= 0.6 is 12.4 Å². The van der Waals surface area contributed by atoms with Gasteiger partial charge in [0.15, 0.2) is 0 Å². The minimum atomic E-state index is 0. The number of amides is 1. The summed E-state index contributed by atoms with van der Waals surface area (Å²) in [6.45, 7) is 5.52. The summed E-state index contributed by atoms with van der Waals surface area (Å²) in [6, 6.07) is 10.6. The van der Waals surface area contributed by atoms with E-state index in [-0.39, 0.29) is 24.4 Å². The lowest BCUT2D eigenvalue weighted by atomic mass is 9.95. The number of nitrogens with one attached hydrogen (secondary N) is 2. The highest BCUT2D eigenvalue weighted by atomic mass is 35.5. The molecule has 5 heteroatoms. The van der Waals surface area contributed by atoms with Gasteiger partial charge in [0.2, 0.25) is 5.91 Å². The van der Waals surface area contributed by atoms with Crippen LogP contribution in [0.15, 0.2) is 30.3 Å². The first-order valence-electron chi connectivity index (χ1n) is 8.37. The van der Waals surface area contributed by atoms with Crippen LogP contribution in [0.4, 0.5) is 0 Å². The van der Waals surface area contributed by atoms with Gasteiger partial charge in [0.1, 0.15) is 0 Å². The van der Waals surface area contributed by atoms with E-state index in [1.54, 1.807) is 0 Å². The summed E-state index contributed by atoms with van der Waals surface area (Å²) >= 11 is 0. The van der Waals surface area contributed by atoms with Gasteiger partial charge >= 0.3 is 0 Å². The zero-order valence-electron chi connectivity index (χ0n) is 13.9. The van der Waals surface area contributed by atoms with Crippen molar-refractivity contribution in [1.29, 1.82) is 0 Å². The van der Waals surface area contributed by atoms with Gasteiger partial charge in [-0.05, 0) is 37.3 Å². The first-order chi connectivity index (χ1) is 10.8. The molecule has 1 heterocycles. The van der Waals surface area contributed by atoms with Crippen molar-refractivity contribution in [3.05, 3.63) is 35.9 Å². The Morgan fingerprint density at radius 1 is 1.30 bits per heavy atom. The van der Waals surface area contributed by atoms with E-state index in [2.05, 4.69) is 29.7 Å². The normalized spacial score (nSPS) is 20.6. The van der Waals surface area contributed by atoms with Crippen molar-refractivity contribution in [3.63, 3.8) is 0 Å². The van der Waals surface area contributed by atoms with Crippen LogP contribution in [-0.2, 0) is 16.0 Å². The van der Waals surface area contributed by atoms with Crippen molar-refractivity contribution in [2.75, 3.05) is 26.3 Å². The third-order valence-corrected chi connectivity index (χ3v) is 4.24. The molecule has 1 aliphatic heterocycles. The summed E-state index contributed by atoms with van der Waals surface area (Å²) in [5.41, 5.74) is 1.29. The lowest BCUT2D eigenvalue weighted by Crippen LogP contribution is -2.50. The van der Waals surface area contributed by atoms with Crippen LogP contribution in [0, 0.1) is 5.92 Å². The molecular formula is C18H29ClN2O2. The van der Waals surface area contributed by atoms with Crippen LogP contribution in [-0.4, -0.2) is 38.3 Å². The maximum atomic E-state index is 11.9. The molecule has 2 atom stereocenters. The summed E-state index contributed by atoms with van der Waals surface area (Å²) in [7, 11) is 0. The van der Waals surface area contributed by atoms with Crippen molar-refractivity contribution in [2.24, 2.45) is 5.92 Å². The van der Waals surface area contributed by atoms with Crippen LogP contribution in [0.2, 0.25) is 0 Å². The summed E-state index contributed by atoms with van der Waals surface area (Å²) in [6.07, 6.45) is 3.40. The molecular weight excluding hydrogens is 312 g/mol. The molecule has 1 amide bonds. The number of rotatable bonds is 8. The van der Waals surface area contributed by atoms with E-state index in [4.69, 9.17) is 4.74 Å². The van der Waals surface area contributed by atoms with Crippen molar-refractivity contribution in [3.8, 4) is 0 Å². The highest BCUT2D eigenvalue weighted by Gasteiger charge is 2.22. The molecule has 1 aliphatic rings. The Labute approximate surface area is 145 Å². The Balaban J connectivity index is 0.00000264. The average Bonchev–Trinajstić information content (AvgIpc) is 2.54. The van der Waals surface area contributed by atoms with Gasteiger partial charge in [-0.25, -0.2) is 0 Å². The maximum absolute atomic E-state index is 11.9. The van der Waals surface area contributed by atoms with E-state index in [0.29, 0.717) is 18.9 Å². The van der Waals surface area contributed by atoms with Gasteiger partial charge in [-0.3, -0.25) is 4.79 Å². The number of piperidine rings is 1. The summed E-state index contributed by atoms with van der Waals surface area (Å²) < 4.78 is 5.61. The Morgan fingerprint density at radius 3 is 2.83 bits per heavy atom. The molecule has 4 nitrogen and oxygen atoms in total. The molecule has 2 rings (SSSR count). The second kappa shape index (κ2) is 11.4. The fourth-order valence-electron chi connectivity index (χ4n) is 2.73. The van der Waals surface area contributed by atoms with Crippen LogP contribution < -0.4 is 10.6 Å². The number of halogens is 1. The summed E-state index contributed by atoms with van der Waals surface area (Å²) in [5, 5.41) is 6.46. The van der Waals surface area contributed by atoms with E-state index in [0.717, 1.165) is 39.0 Å². The molecule has 0 saturated carbocycles. The molecule has 2 N–H and O–H groups in total. The quantitative estimate of drug-likeness (QED) is 0.715. The molecule has 2 unspecified atom stereocenters. The monoisotopic (exact) mass is 340 g/mol. The number of hydrogen-bond donors (Lipinski definition) is 2. The van der Waals surface area contributed by atoms with Crippen LogP contribution in [0.25, 0.3) is 0 Å². The van der Waals surface area contributed by atoms with Gasteiger partial charge in [-0.15, -0.1) is 12.4 Å². The fourth-order valence-corrected chi connectivity index (χ4v) is 2.73. The molecule has 0 aliphatic carbocycles. The van der Waals surface area contributed by atoms with Crippen LogP contribution in [0.5, 0.6) is 0 Å². The second-order valence-corrected chi connectivity index (χ2v) is 6.10. The van der Waals surface area contributed by atoms with Crippen molar-refractivity contribution < 1.29 is 9.53 Å². The number of carbonyl (C=O) groups is 1. The average molecular weight is 341 g/mol. The minimum absolute atomic E-state index is 0. The first-order valence-corrected chi connectivity index (χ1v) is 8.37. The zero-order chi connectivity index (χ0) is 15.6. The van der Waals surface area contributed by atoms with E-state index in [9.17, 15) is 4.79 Å². The Morgan fingerprint density at radius 2 is 2.09 bits per heavy atom. The molecule has 130 valence electrons. The number of ether oxygens (including phenoxy) is 1. The molecule has 1 saturated heterocycles. The van der Waals surface area contributed by atoms with Gasteiger partial charge in [0.25, 0.3) is 0 Å². The lowest BCUT2D eigenvalue weighted by Gasteiger charge is -2.30. The van der Waals surface area contributed by atoms with Gasteiger partial charge in [-0.2, -0.15) is 0 Å². The highest BCUT2D eigenvalue weighted by molar-refractivity contribution is 5.85. The third-order valence-electron chi connectivity index (χ3n) is 4.24. The number of benzene rings is 1. The standard InChI is InChI=1S/C18H28N2O2.ClH/c1-15-9-11-19-14-17(15)20-18(21)8-5-12-22-13-10-16-6-3-2-4-7-16;/h2-4,6-7,15,17,19H,5,8-14H2,1H3,(H,20,21);1H. The van der Waals surface area contributed by atoms with Crippen molar-refractivity contribution >= 4 is 18.3 Å². The summed E-state index contributed by atoms with van der Waals surface area (Å²) in [5.74, 6) is 0.708. The van der Waals surface area contributed by atoms with Crippen molar-refractivity contribution in [2.45, 2.75) is 38.6 Å². The molecule has 0 aromatic heterocycles. The molecule has 0 spiro atoms. The number of carbonyl (C=O) groups excluding carboxylic acids is 1. The molecule has 1 fully saturated rings. The van der Waals surface area contributed by atoms with Crippen LogP contribution in [0.1, 0.15) is 31.7 Å². The number of hydrogen-bond acceptors (Lipinski definition) is 3. The smallest absolute Gasteiger partial charge is 0.220 e. The minimum Gasteiger partial charge on any atom is -0.381 e. The highest BCUT2D eigenvalue weighted by Crippen LogP contribution is 2.11. The largest absolute Gasteiger partial charge is 0.381 e. The van der Waals surface area contributed by atoms with Crippen molar-refractivity contribution in [1.82, 2.24) is 10.6 Å². The van der Waals surface area contributed by atoms with Gasteiger partial charge < -0.3 is 15.4 Å². The summed E-state index contributed by atoms with van der Waals surface area (Å²) in [4.78, 5) is 11.9. The van der Waals surface area contributed by atoms with E-state index < -0.39 is 0 Å². The Hall–Kier alpha value is -1.10. The molecule has 1 aromatic carbocycles. The zero-order valence-corrected chi connectivity index (χ0v) is 14.7. The molecule has 0 bridgehead atoms. The topological polar surface area (TPSA) is 50.4 Å². The van der Waals surface area contributed by atoms with Gasteiger partial charge in [-0.1, -0.05) is 37.3 Å². The Kier molecular flexibility index (Phi) is 9.92. The molecule has 1 aromatic rings. The molecule has 23 heavy (non-hydrogen) atoms. The lowest BCUT2D eigenvalue weighted by molar-refractivity contribution is -0.122. The van der Waals surface area contributed by atoms with E-state index in [1.165, 1.54) is 5.56 Å². The predicted molar refractivity (Wildman–Crippen MR) is 96.0 cm³/mol. The maximum Gasteiger partial charge on any atom is 0.220 e. The first kappa shape index (κ1) is 19.9. The van der Waals surface area contributed by atoms with E-state index >= 15 is 0 Å².